The molecule has 31 heavy (non-hydrogen) atoms. The Balaban J connectivity index is 1.47. The summed E-state index contributed by atoms with van der Waals surface area (Å²) in [6.07, 6.45) is 6.14. The van der Waals surface area contributed by atoms with Gasteiger partial charge in [-0.25, -0.2) is 14.4 Å². The summed E-state index contributed by atoms with van der Waals surface area (Å²) in [5.74, 6) is -0.588. The monoisotopic (exact) mass is 420 g/mol. The molecule has 0 bridgehead atoms. The fraction of sp³-hybridized carbons (Fsp3) is 0.304. The molecule has 2 aliphatic heterocycles. The normalized spacial score (nSPS) is 17.8. The van der Waals surface area contributed by atoms with Crippen molar-refractivity contribution in [3.05, 3.63) is 66.4 Å². The molecule has 0 unspecified atom stereocenters. The number of pyridine rings is 1. The lowest BCUT2D eigenvalue weighted by molar-refractivity contribution is -0.181. The van der Waals surface area contributed by atoms with Gasteiger partial charge in [-0.05, 0) is 36.4 Å². The maximum absolute atomic E-state index is 13.4. The number of benzene rings is 1. The highest BCUT2D eigenvalue weighted by molar-refractivity contribution is 6.00. The van der Waals surface area contributed by atoms with Crippen LogP contribution in [0.1, 0.15) is 23.2 Å². The van der Waals surface area contributed by atoms with Crippen molar-refractivity contribution < 1.29 is 18.7 Å². The van der Waals surface area contributed by atoms with Crippen molar-refractivity contribution in [1.29, 1.82) is 0 Å². The van der Waals surface area contributed by atoms with Crippen LogP contribution < -0.4 is 0 Å². The summed E-state index contributed by atoms with van der Waals surface area (Å²) in [4.78, 5) is 28.3. The lowest BCUT2D eigenvalue weighted by Crippen LogP contribution is -2.47. The Kier molecular flexibility index (Phi) is 5.17. The van der Waals surface area contributed by atoms with Crippen molar-refractivity contribution in [1.82, 2.24) is 19.9 Å². The number of hydrogen-bond acceptors (Lipinski definition) is 6. The Bertz CT molecular complexity index is 1080. The molecule has 2 aromatic heterocycles. The minimum absolute atomic E-state index is 0.134. The molecule has 4 heterocycles. The number of carbonyl (C=O) groups is 1. The van der Waals surface area contributed by atoms with Gasteiger partial charge < -0.3 is 14.4 Å². The predicted molar refractivity (Wildman–Crippen MR) is 110 cm³/mol. The molecule has 0 atom stereocenters. The zero-order chi connectivity index (χ0) is 21.3. The van der Waals surface area contributed by atoms with Crippen LogP contribution in [0.4, 0.5) is 4.39 Å². The van der Waals surface area contributed by atoms with Gasteiger partial charge in [0.15, 0.2) is 11.6 Å². The smallest absolute Gasteiger partial charge is 0.257 e. The summed E-state index contributed by atoms with van der Waals surface area (Å²) < 4.78 is 24.8. The summed E-state index contributed by atoms with van der Waals surface area (Å²) in [5, 5.41) is 0. The zero-order valence-corrected chi connectivity index (χ0v) is 16.8. The highest BCUT2D eigenvalue weighted by atomic mass is 19.1. The number of nitrogens with zero attached hydrogens (tertiary/aromatic N) is 4. The Morgan fingerprint density at radius 3 is 2.32 bits per heavy atom. The number of likely N-dealkylation sites (tertiary alicyclic amines) is 1. The summed E-state index contributed by atoms with van der Waals surface area (Å²) in [7, 11) is 0. The molecule has 8 heteroatoms. The van der Waals surface area contributed by atoms with Crippen LogP contribution in [0.25, 0.3) is 22.6 Å². The molecule has 2 fully saturated rings. The van der Waals surface area contributed by atoms with Crippen LogP contribution in [0.3, 0.4) is 0 Å². The molecule has 2 saturated heterocycles. The molecule has 1 spiro atoms. The quantitative estimate of drug-likeness (QED) is 0.647. The molecule has 0 saturated carbocycles. The Hall–Kier alpha value is -3.23. The van der Waals surface area contributed by atoms with Gasteiger partial charge in [0, 0.05) is 55.6 Å². The second kappa shape index (κ2) is 8.13. The van der Waals surface area contributed by atoms with Crippen LogP contribution in [0.15, 0.2) is 55.0 Å². The first-order chi connectivity index (χ1) is 15.1. The lowest BCUT2D eigenvalue weighted by atomic mass is 10.0. The number of carbonyl (C=O) groups excluding carboxylic acids is 1. The minimum atomic E-state index is -0.548. The maximum atomic E-state index is 13.4. The molecule has 1 aromatic carbocycles. The first-order valence-electron chi connectivity index (χ1n) is 10.2. The van der Waals surface area contributed by atoms with Gasteiger partial charge in [0.25, 0.3) is 5.91 Å². The van der Waals surface area contributed by atoms with Crippen molar-refractivity contribution in [2.75, 3.05) is 26.3 Å². The van der Waals surface area contributed by atoms with Crippen molar-refractivity contribution in [3.63, 3.8) is 0 Å². The van der Waals surface area contributed by atoms with Crippen LogP contribution >= 0.6 is 0 Å². The number of rotatable bonds is 3. The third-order valence-electron chi connectivity index (χ3n) is 5.70. The fourth-order valence-electron chi connectivity index (χ4n) is 4.01. The highest BCUT2D eigenvalue weighted by Crippen LogP contribution is 2.33. The van der Waals surface area contributed by atoms with Gasteiger partial charge in [0.1, 0.15) is 5.82 Å². The number of aromatic nitrogens is 3. The van der Waals surface area contributed by atoms with E-state index in [-0.39, 0.29) is 11.7 Å². The summed E-state index contributed by atoms with van der Waals surface area (Å²) in [6, 6.07) is 9.57. The van der Waals surface area contributed by atoms with Gasteiger partial charge in [-0.1, -0.05) is 0 Å². The highest BCUT2D eigenvalue weighted by Gasteiger charge is 2.41. The number of ether oxygens (including phenoxy) is 2. The number of hydrogen-bond donors (Lipinski definition) is 0. The molecule has 5 rings (SSSR count). The second-order valence-electron chi connectivity index (χ2n) is 7.60. The van der Waals surface area contributed by atoms with Crippen molar-refractivity contribution in [2.45, 2.75) is 18.6 Å². The van der Waals surface area contributed by atoms with Crippen LogP contribution in [-0.2, 0) is 9.47 Å². The van der Waals surface area contributed by atoms with E-state index in [1.54, 1.807) is 47.8 Å². The molecule has 0 radical (unpaired) electrons. The van der Waals surface area contributed by atoms with Crippen LogP contribution in [0.2, 0.25) is 0 Å². The molecular formula is C23H21FN4O3. The minimum Gasteiger partial charge on any atom is -0.347 e. The van der Waals surface area contributed by atoms with Crippen molar-refractivity contribution >= 4 is 5.91 Å². The van der Waals surface area contributed by atoms with Crippen molar-refractivity contribution in [2.24, 2.45) is 0 Å². The predicted octanol–water partition coefficient (Wildman–Crippen LogP) is 3.32. The molecule has 158 valence electrons. The van der Waals surface area contributed by atoms with Gasteiger partial charge >= 0.3 is 0 Å². The molecule has 0 aliphatic carbocycles. The Morgan fingerprint density at radius 1 is 0.968 bits per heavy atom. The third kappa shape index (κ3) is 3.92. The van der Waals surface area contributed by atoms with Gasteiger partial charge in [-0.3, -0.25) is 9.78 Å². The first kappa shape index (κ1) is 19.7. The summed E-state index contributed by atoms with van der Waals surface area (Å²) in [5.41, 5.74) is 2.38. The first-order valence-corrected chi connectivity index (χ1v) is 10.2. The largest absolute Gasteiger partial charge is 0.347 e. The second-order valence-corrected chi connectivity index (χ2v) is 7.60. The van der Waals surface area contributed by atoms with Gasteiger partial charge in [0.05, 0.1) is 24.5 Å². The van der Waals surface area contributed by atoms with Crippen LogP contribution in [-0.4, -0.2) is 57.8 Å². The summed E-state index contributed by atoms with van der Waals surface area (Å²) >= 11 is 0. The lowest BCUT2D eigenvalue weighted by Gasteiger charge is -2.37. The van der Waals surface area contributed by atoms with Crippen molar-refractivity contribution in [3.8, 4) is 22.6 Å². The van der Waals surface area contributed by atoms with Gasteiger partial charge in [-0.2, -0.15) is 0 Å². The van der Waals surface area contributed by atoms with Gasteiger partial charge in [0.2, 0.25) is 0 Å². The zero-order valence-electron chi connectivity index (χ0n) is 16.8. The molecule has 0 N–H and O–H groups in total. The fourth-order valence-corrected chi connectivity index (χ4v) is 4.01. The maximum Gasteiger partial charge on any atom is 0.257 e. The average molecular weight is 420 g/mol. The van der Waals surface area contributed by atoms with E-state index in [4.69, 9.17) is 9.47 Å². The van der Waals surface area contributed by atoms with E-state index in [0.29, 0.717) is 61.8 Å². The topological polar surface area (TPSA) is 77.4 Å². The third-order valence-corrected chi connectivity index (χ3v) is 5.70. The van der Waals surface area contributed by atoms with E-state index >= 15 is 0 Å². The van der Waals surface area contributed by atoms with E-state index < -0.39 is 5.79 Å². The Morgan fingerprint density at radius 2 is 1.65 bits per heavy atom. The SMILES string of the molecule is O=C(c1cnc(-c2ccc(F)cc2)nc1-c1ccncc1)N1CCC2(CC1)OCCO2. The standard InChI is InChI=1S/C23H21FN4O3/c24-18-3-1-17(2-4-18)21-26-15-19(20(27-21)16-5-9-25-10-6-16)22(29)28-11-7-23(8-12-28)30-13-14-31-23/h1-6,9-10,15H,7-8,11-14H2. The molecule has 3 aromatic rings. The summed E-state index contributed by atoms with van der Waals surface area (Å²) in [6.45, 7) is 2.26. The van der Waals surface area contributed by atoms with E-state index in [1.807, 2.05) is 0 Å². The van der Waals surface area contributed by atoms with E-state index in [9.17, 15) is 9.18 Å². The van der Waals surface area contributed by atoms with E-state index in [1.165, 1.54) is 12.1 Å². The number of amides is 1. The van der Waals surface area contributed by atoms with Crippen LogP contribution in [0, 0.1) is 5.82 Å². The molecule has 1 amide bonds. The Labute approximate surface area is 178 Å². The number of piperidine rings is 1. The average Bonchev–Trinajstić information content (AvgIpc) is 3.28. The molecule has 2 aliphatic rings. The molecule has 7 nitrogen and oxygen atoms in total. The number of halogens is 1. The van der Waals surface area contributed by atoms with Gasteiger partial charge in [-0.15, -0.1) is 0 Å². The van der Waals surface area contributed by atoms with E-state index in [0.717, 1.165) is 5.56 Å². The van der Waals surface area contributed by atoms with Crippen LogP contribution in [0.5, 0.6) is 0 Å². The molecular weight excluding hydrogens is 399 g/mol. The van der Waals surface area contributed by atoms with E-state index in [2.05, 4.69) is 15.0 Å².